The van der Waals surface area contributed by atoms with Crippen LogP contribution in [0.4, 0.5) is 5.69 Å². The lowest BCUT2D eigenvalue weighted by Crippen LogP contribution is -2.47. The molecule has 2 aliphatic heterocycles. The third-order valence-corrected chi connectivity index (χ3v) is 5.73. The van der Waals surface area contributed by atoms with Crippen molar-refractivity contribution in [2.24, 2.45) is 4.99 Å². The number of ether oxygens (including phenoxy) is 2. The third-order valence-electron chi connectivity index (χ3n) is 5.73. The second kappa shape index (κ2) is 10.9. The zero-order valence-corrected chi connectivity index (χ0v) is 18.7. The van der Waals surface area contributed by atoms with E-state index in [1.165, 1.54) is 0 Å². The minimum atomic E-state index is 0.0000691. The van der Waals surface area contributed by atoms with E-state index in [0.29, 0.717) is 13.1 Å². The Morgan fingerprint density at radius 2 is 1.88 bits per heavy atom. The number of carbonyl (C=O) groups is 1. The fourth-order valence-corrected chi connectivity index (χ4v) is 4.12. The van der Waals surface area contributed by atoms with Crippen LogP contribution < -0.4 is 19.7 Å². The molecular weight excluding hydrogens is 404 g/mol. The molecule has 2 aromatic carbocycles. The highest BCUT2D eigenvalue weighted by atomic mass is 16.5. The molecule has 7 nitrogen and oxygen atoms in total. The van der Waals surface area contributed by atoms with Gasteiger partial charge in [-0.25, -0.2) is 0 Å². The van der Waals surface area contributed by atoms with Crippen molar-refractivity contribution in [2.75, 3.05) is 44.2 Å². The van der Waals surface area contributed by atoms with Crippen LogP contribution in [0, 0.1) is 0 Å². The molecule has 2 heterocycles. The van der Waals surface area contributed by atoms with Crippen LogP contribution >= 0.6 is 0 Å². The summed E-state index contributed by atoms with van der Waals surface area (Å²) in [6, 6.07) is 17.7. The summed E-state index contributed by atoms with van der Waals surface area (Å²) < 4.78 is 11.6. The second-order valence-electron chi connectivity index (χ2n) is 8.01. The number of hydrogen-bond acceptors (Lipinski definition) is 4. The minimum Gasteiger partial charge on any atom is -0.490 e. The van der Waals surface area contributed by atoms with Crippen molar-refractivity contribution in [3.63, 3.8) is 0 Å². The van der Waals surface area contributed by atoms with Crippen LogP contribution in [0.15, 0.2) is 59.6 Å². The summed E-state index contributed by atoms with van der Waals surface area (Å²) >= 11 is 0. The molecule has 1 fully saturated rings. The van der Waals surface area contributed by atoms with Crippen LogP contribution in [0.25, 0.3) is 0 Å². The van der Waals surface area contributed by atoms with Crippen LogP contribution in [0.2, 0.25) is 0 Å². The van der Waals surface area contributed by atoms with Crippen molar-refractivity contribution in [2.45, 2.75) is 32.3 Å². The van der Waals surface area contributed by atoms with E-state index < -0.39 is 0 Å². The van der Waals surface area contributed by atoms with Crippen molar-refractivity contribution in [3.05, 3.63) is 54.6 Å². The van der Waals surface area contributed by atoms with E-state index in [1.807, 2.05) is 59.5 Å². The van der Waals surface area contributed by atoms with Gasteiger partial charge in [-0.15, -0.1) is 0 Å². The molecule has 0 unspecified atom stereocenters. The summed E-state index contributed by atoms with van der Waals surface area (Å²) in [6.07, 6.45) is 2.98. The highest BCUT2D eigenvalue weighted by molar-refractivity contribution is 5.97. The first-order chi connectivity index (χ1) is 15.7. The number of carbonyl (C=O) groups excluding carboxylic acids is 1. The van der Waals surface area contributed by atoms with Crippen molar-refractivity contribution >= 4 is 17.6 Å². The Kier molecular flexibility index (Phi) is 7.48. The summed E-state index contributed by atoms with van der Waals surface area (Å²) in [5, 5.41) is 3.41. The van der Waals surface area contributed by atoms with E-state index in [9.17, 15) is 4.79 Å². The lowest BCUT2D eigenvalue weighted by molar-refractivity contribution is -0.121. The number of fused-ring (bicyclic) bond motifs is 1. The normalized spacial score (nSPS) is 17.0. The fourth-order valence-electron chi connectivity index (χ4n) is 4.12. The van der Waals surface area contributed by atoms with Gasteiger partial charge in [-0.05, 0) is 37.6 Å². The Labute approximate surface area is 190 Å². The standard InChI is InChI=1S/C25H32N4O3/c1-2-26-25(28-17-13-21(14-18-28)32-20-9-4-3-5-10-20)27-15-8-16-29-22-11-6-7-12-23(22)31-19-24(29)30/h3-7,9-12,21H,2,8,13-19H2,1H3,(H,26,27). The average molecular weight is 437 g/mol. The van der Waals surface area contributed by atoms with Gasteiger partial charge in [-0.3, -0.25) is 9.79 Å². The number of likely N-dealkylation sites (tertiary alicyclic amines) is 1. The Hall–Kier alpha value is -3.22. The molecular formula is C25H32N4O3. The minimum absolute atomic E-state index is 0.0000691. The molecule has 32 heavy (non-hydrogen) atoms. The third kappa shape index (κ3) is 5.52. The number of nitrogens with one attached hydrogen (secondary N) is 1. The maximum absolute atomic E-state index is 12.3. The predicted octanol–water partition coefficient (Wildman–Crippen LogP) is 3.31. The fraction of sp³-hybridized carbons (Fsp3) is 0.440. The van der Waals surface area contributed by atoms with E-state index in [2.05, 4.69) is 17.1 Å². The number of para-hydroxylation sites is 3. The van der Waals surface area contributed by atoms with E-state index in [1.54, 1.807) is 0 Å². The summed E-state index contributed by atoms with van der Waals surface area (Å²) in [5.74, 6) is 2.65. The molecule has 0 aromatic heterocycles. The lowest BCUT2D eigenvalue weighted by Gasteiger charge is -2.34. The SMILES string of the molecule is CCNC(=NCCCN1C(=O)COc2ccccc21)N1CCC(Oc2ccccc2)CC1. The van der Waals surface area contributed by atoms with E-state index in [0.717, 1.165) is 62.0 Å². The zero-order valence-electron chi connectivity index (χ0n) is 18.7. The van der Waals surface area contributed by atoms with E-state index >= 15 is 0 Å². The number of anilines is 1. The monoisotopic (exact) mass is 436 g/mol. The highest BCUT2D eigenvalue weighted by Crippen LogP contribution is 2.31. The number of rotatable bonds is 7. The quantitative estimate of drug-likeness (QED) is 0.410. The molecule has 0 bridgehead atoms. The first kappa shape index (κ1) is 22.0. The van der Waals surface area contributed by atoms with Gasteiger partial charge < -0.3 is 24.6 Å². The van der Waals surface area contributed by atoms with Gasteiger partial charge in [0.2, 0.25) is 0 Å². The lowest BCUT2D eigenvalue weighted by atomic mass is 10.1. The Morgan fingerprint density at radius 3 is 2.66 bits per heavy atom. The summed E-state index contributed by atoms with van der Waals surface area (Å²) in [4.78, 5) is 21.3. The van der Waals surface area contributed by atoms with Gasteiger partial charge in [0.15, 0.2) is 12.6 Å². The summed E-state index contributed by atoms with van der Waals surface area (Å²) in [5.41, 5.74) is 0.847. The number of hydrogen-bond donors (Lipinski definition) is 1. The molecule has 2 aromatic rings. The first-order valence-electron chi connectivity index (χ1n) is 11.5. The molecule has 7 heteroatoms. The molecule has 0 aliphatic carbocycles. The van der Waals surface area contributed by atoms with Gasteiger partial charge in [-0.1, -0.05) is 30.3 Å². The Bertz CT molecular complexity index is 910. The molecule has 0 spiro atoms. The van der Waals surface area contributed by atoms with Crippen LogP contribution in [-0.2, 0) is 4.79 Å². The van der Waals surface area contributed by atoms with E-state index in [4.69, 9.17) is 14.5 Å². The van der Waals surface area contributed by atoms with Gasteiger partial charge in [0.25, 0.3) is 5.91 Å². The topological polar surface area (TPSA) is 66.4 Å². The van der Waals surface area contributed by atoms with Crippen molar-refractivity contribution in [1.29, 1.82) is 0 Å². The second-order valence-corrected chi connectivity index (χ2v) is 8.01. The molecule has 170 valence electrons. The molecule has 1 amide bonds. The smallest absolute Gasteiger partial charge is 0.265 e. The molecule has 0 radical (unpaired) electrons. The maximum atomic E-state index is 12.3. The molecule has 2 aliphatic rings. The van der Waals surface area contributed by atoms with Gasteiger partial charge in [0.05, 0.1) is 5.69 Å². The molecule has 0 atom stereocenters. The number of piperidine rings is 1. The van der Waals surface area contributed by atoms with Crippen LogP contribution in [0.3, 0.4) is 0 Å². The number of benzene rings is 2. The van der Waals surface area contributed by atoms with Crippen molar-refractivity contribution in [3.8, 4) is 11.5 Å². The van der Waals surface area contributed by atoms with Gasteiger partial charge in [0, 0.05) is 45.6 Å². The average Bonchev–Trinajstić information content (AvgIpc) is 2.83. The number of guanidine groups is 1. The van der Waals surface area contributed by atoms with Crippen molar-refractivity contribution in [1.82, 2.24) is 10.2 Å². The molecule has 0 saturated carbocycles. The largest absolute Gasteiger partial charge is 0.490 e. The number of amides is 1. The van der Waals surface area contributed by atoms with Gasteiger partial charge in [0.1, 0.15) is 17.6 Å². The molecule has 1 saturated heterocycles. The first-order valence-corrected chi connectivity index (χ1v) is 11.5. The van der Waals surface area contributed by atoms with Crippen molar-refractivity contribution < 1.29 is 14.3 Å². The van der Waals surface area contributed by atoms with Gasteiger partial charge >= 0.3 is 0 Å². The molecule has 1 N–H and O–H groups in total. The maximum Gasteiger partial charge on any atom is 0.265 e. The van der Waals surface area contributed by atoms with Crippen LogP contribution in [-0.4, -0.2) is 62.2 Å². The van der Waals surface area contributed by atoms with Crippen LogP contribution in [0.1, 0.15) is 26.2 Å². The Morgan fingerprint density at radius 1 is 1.12 bits per heavy atom. The number of nitrogens with zero attached hydrogens (tertiary/aromatic N) is 3. The molecule has 4 rings (SSSR count). The highest BCUT2D eigenvalue weighted by Gasteiger charge is 2.25. The summed E-state index contributed by atoms with van der Waals surface area (Å²) in [7, 11) is 0. The predicted molar refractivity (Wildman–Crippen MR) is 127 cm³/mol. The van der Waals surface area contributed by atoms with Crippen LogP contribution in [0.5, 0.6) is 11.5 Å². The Balaban J connectivity index is 1.28. The zero-order chi connectivity index (χ0) is 22.2. The summed E-state index contributed by atoms with van der Waals surface area (Å²) in [6.45, 7) is 6.14. The van der Waals surface area contributed by atoms with Gasteiger partial charge in [-0.2, -0.15) is 0 Å². The van der Waals surface area contributed by atoms with E-state index in [-0.39, 0.29) is 18.6 Å². The number of aliphatic imine (C=N–C) groups is 1.